The van der Waals surface area contributed by atoms with Crippen molar-refractivity contribution in [2.24, 2.45) is 0 Å². The van der Waals surface area contributed by atoms with Gasteiger partial charge in [0.15, 0.2) is 5.82 Å². The number of aromatic nitrogens is 1. The summed E-state index contributed by atoms with van der Waals surface area (Å²) in [7, 11) is 0. The quantitative estimate of drug-likeness (QED) is 0.394. The van der Waals surface area contributed by atoms with E-state index in [1.54, 1.807) is 12.1 Å². The summed E-state index contributed by atoms with van der Waals surface area (Å²) in [6.07, 6.45) is -0.557. The lowest BCUT2D eigenvalue weighted by Gasteiger charge is -2.40. The van der Waals surface area contributed by atoms with Crippen molar-refractivity contribution < 1.29 is 22.0 Å². The zero-order valence-corrected chi connectivity index (χ0v) is 18.7. The number of halogens is 5. The molecule has 1 aliphatic rings. The second kappa shape index (κ2) is 9.51. The molecular formula is C23H26F5N5. The number of alkyl halides is 3. The van der Waals surface area contributed by atoms with Gasteiger partial charge in [0, 0.05) is 11.6 Å². The Kier molecular flexibility index (Phi) is 7.12. The molecule has 1 saturated carbocycles. The van der Waals surface area contributed by atoms with Gasteiger partial charge in [0.05, 0.1) is 42.3 Å². The third-order valence-corrected chi connectivity index (χ3v) is 5.96. The minimum atomic E-state index is -4.45. The zero-order valence-electron chi connectivity index (χ0n) is 18.7. The molecule has 3 rings (SSSR count). The monoisotopic (exact) mass is 467 g/mol. The van der Waals surface area contributed by atoms with Crippen molar-refractivity contribution in [3.63, 3.8) is 0 Å². The van der Waals surface area contributed by atoms with Crippen molar-refractivity contribution in [2.45, 2.75) is 70.8 Å². The summed E-state index contributed by atoms with van der Waals surface area (Å²) < 4.78 is 68.3. The Balaban J connectivity index is 1.83. The highest BCUT2D eigenvalue weighted by Crippen LogP contribution is 2.37. The second-order valence-electron chi connectivity index (χ2n) is 8.76. The number of nitrogens with one attached hydrogen (secondary N) is 2. The molecule has 1 aromatic heterocycles. The number of hydrazine groups is 1. The second-order valence-corrected chi connectivity index (χ2v) is 8.76. The Bertz CT molecular complexity index is 1020. The first kappa shape index (κ1) is 24.7. The van der Waals surface area contributed by atoms with Crippen LogP contribution in [0, 0.1) is 29.9 Å². The van der Waals surface area contributed by atoms with Crippen LogP contribution in [0.25, 0.3) is 0 Å². The minimum absolute atomic E-state index is 0.0238. The Hall–Kier alpha value is -2.93. The van der Waals surface area contributed by atoms with Gasteiger partial charge in [0.2, 0.25) is 0 Å². The summed E-state index contributed by atoms with van der Waals surface area (Å²) in [6, 6.07) is 6.40. The van der Waals surface area contributed by atoms with Crippen LogP contribution in [0.2, 0.25) is 0 Å². The van der Waals surface area contributed by atoms with E-state index in [4.69, 9.17) is 5.26 Å². The highest BCUT2D eigenvalue weighted by molar-refractivity contribution is 5.59. The fraction of sp³-hybridized carbons (Fsp3) is 0.478. The Morgan fingerprint density at radius 3 is 2.42 bits per heavy atom. The fourth-order valence-corrected chi connectivity index (χ4v) is 3.44. The van der Waals surface area contributed by atoms with E-state index >= 15 is 4.39 Å². The number of hydrogen-bond acceptors (Lipinski definition) is 5. The maximum atomic E-state index is 15.2. The van der Waals surface area contributed by atoms with E-state index < -0.39 is 23.3 Å². The molecule has 0 saturated heterocycles. The Morgan fingerprint density at radius 2 is 1.91 bits per heavy atom. The Morgan fingerprint density at radius 1 is 1.21 bits per heavy atom. The molecule has 1 aliphatic carbocycles. The molecule has 1 fully saturated rings. The van der Waals surface area contributed by atoms with Gasteiger partial charge in [0.1, 0.15) is 11.4 Å². The lowest BCUT2D eigenvalue weighted by Crippen LogP contribution is -2.54. The molecule has 2 aromatic rings. The SMILES string of the molecule is Cc1c(F)cc(CC#N)c(N(Cc2ccc(NNC(C)(C)C(F)(F)F)cn2)C2CCC2)c1F. The number of rotatable bonds is 8. The van der Waals surface area contributed by atoms with E-state index in [0.717, 1.165) is 33.1 Å². The smallest absolute Gasteiger partial charge is 0.360 e. The fourth-order valence-electron chi connectivity index (χ4n) is 3.44. The summed E-state index contributed by atoms with van der Waals surface area (Å²) in [6.45, 7) is 3.59. The molecule has 10 heteroatoms. The van der Waals surface area contributed by atoms with E-state index in [1.165, 1.54) is 19.2 Å². The molecule has 0 amide bonds. The Labute approximate surface area is 189 Å². The van der Waals surface area contributed by atoms with Gasteiger partial charge >= 0.3 is 6.18 Å². The van der Waals surface area contributed by atoms with Crippen LogP contribution in [-0.4, -0.2) is 22.7 Å². The van der Waals surface area contributed by atoms with Crippen molar-refractivity contribution in [3.8, 4) is 6.07 Å². The van der Waals surface area contributed by atoms with E-state index in [9.17, 15) is 17.6 Å². The van der Waals surface area contributed by atoms with Gasteiger partial charge in [-0.2, -0.15) is 18.4 Å². The van der Waals surface area contributed by atoms with Crippen molar-refractivity contribution >= 4 is 11.4 Å². The third kappa shape index (κ3) is 5.36. The summed E-state index contributed by atoms with van der Waals surface area (Å²) in [5, 5.41) is 9.16. The van der Waals surface area contributed by atoms with Gasteiger partial charge in [-0.15, -0.1) is 0 Å². The maximum Gasteiger partial charge on any atom is 0.407 e. The summed E-state index contributed by atoms with van der Waals surface area (Å²) in [5.41, 5.74) is 3.87. The van der Waals surface area contributed by atoms with Crippen LogP contribution in [-0.2, 0) is 13.0 Å². The first-order chi connectivity index (χ1) is 15.4. The molecule has 0 radical (unpaired) electrons. The van der Waals surface area contributed by atoms with E-state index in [0.29, 0.717) is 11.4 Å². The molecule has 0 aliphatic heterocycles. The molecule has 1 aromatic carbocycles. The van der Waals surface area contributed by atoms with Crippen molar-refractivity contribution in [1.82, 2.24) is 10.4 Å². The molecule has 1 heterocycles. The molecule has 178 valence electrons. The van der Waals surface area contributed by atoms with Gasteiger partial charge in [0.25, 0.3) is 0 Å². The average molecular weight is 467 g/mol. The first-order valence-corrected chi connectivity index (χ1v) is 10.6. The third-order valence-electron chi connectivity index (χ3n) is 5.96. The maximum absolute atomic E-state index is 15.2. The molecule has 0 unspecified atom stereocenters. The summed E-state index contributed by atoms with van der Waals surface area (Å²) in [4.78, 5) is 6.12. The predicted octanol–water partition coefficient (Wildman–Crippen LogP) is 5.55. The highest BCUT2D eigenvalue weighted by Gasteiger charge is 2.47. The lowest BCUT2D eigenvalue weighted by molar-refractivity contribution is -0.184. The first-order valence-electron chi connectivity index (χ1n) is 10.6. The minimum Gasteiger partial charge on any atom is -0.360 e. The van der Waals surface area contributed by atoms with E-state index in [1.807, 2.05) is 11.0 Å². The van der Waals surface area contributed by atoms with Crippen molar-refractivity contribution in [3.05, 3.63) is 52.9 Å². The van der Waals surface area contributed by atoms with Gasteiger partial charge in [-0.3, -0.25) is 4.98 Å². The normalized spacial score (nSPS) is 14.5. The van der Waals surface area contributed by atoms with Crippen LogP contribution >= 0.6 is 0 Å². The average Bonchev–Trinajstić information content (AvgIpc) is 2.69. The van der Waals surface area contributed by atoms with Crippen LogP contribution in [0.3, 0.4) is 0 Å². The van der Waals surface area contributed by atoms with Crippen LogP contribution in [0.5, 0.6) is 0 Å². The molecule has 33 heavy (non-hydrogen) atoms. The van der Waals surface area contributed by atoms with E-state index in [2.05, 4.69) is 15.8 Å². The van der Waals surface area contributed by atoms with Crippen LogP contribution in [0.15, 0.2) is 24.4 Å². The molecular weight excluding hydrogens is 441 g/mol. The number of benzene rings is 1. The number of nitrogens with zero attached hydrogens (tertiary/aromatic N) is 3. The zero-order chi connectivity index (χ0) is 24.4. The van der Waals surface area contributed by atoms with Gasteiger partial charge in [-0.25, -0.2) is 14.2 Å². The van der Waals surface area contributed by atoms with Gasteiger partial charge < -0.3 is 10.3 Å². The number of anilines is 2. The van der Waals surface area contributed by atoms with Crippen LogP contribution < -0.4 is 15.8 Å². The van der Waals surface area contributed by atoms with Crippen molar-refractivity contribution in [2.75, 3.05) is 10.3 Å². The summed E-state index contributed by atoms with van der Waals surface area (Å²) >= 11 is 0. The van der Waals surface area contributed by atoms with Crippen LogP contribution in [0.4, 0.5) is 33.3 Å². The van der Waals surface area contributed by atoms with Gasteiger partial charge in [-0.1, -0.05) is 0 Å². The largest absolute Gasteiger partial charge is 0.407 e. The van der Waals surface area contributed by atoms with Crippen LogP contribution in [0.1, 0.15) is 49.9 Å². The van der Waals surface area contributed by atoms with Crippen molar-refractivity contribution in [1.29, 1.82) is 5.26 Å². The molecule has 0 bridgehead atoms. The molecule has 2 N–H and O–H groups in total. The van der Waals surface area contributed by atoms with Gasteiger partial charge in [-0.05, 0) is 63.8 Å². The molecule has 5 nitrogen and oxygen atoms in total. The lowest BCUT2D eigenvalue weighted by atomic mass is 9.89. The van der Waals surface area contributed by atoms with E-state index in [-0.39, 0.29) is 35.8 Å². The highest BCUT2D eigenvalue weighted by atomic mass is 19.4. The molecule has 0 atom stereocenters. The summed E-state index contributed by atoms with van der Waals surface area (Å²) in [5.74, 6) is -1.39. The molecule has 0 spiro atoms. The predicted molar refractivity (Wildman–Crippen MR) is 115 cm³/mol. The number of nitriles is 1. The number of pyridine rings is 1. The topological polar surface area (TPSA) is 64.0 Å². The standard InChI is InChI=1S/C23H26F5N5/c1-14-19(24)11-15(9-10-29)21(20(14)25)33(18-5-4-6-18)13-17-8-7-16(12-30-17)31-32-22(2,3)23(26,27)28/h7-8,11-12,18,31-32H,4-6,9,13H2,1-3H3. The number of hydrogen-bond donors (Lipinski definition) is 2.